The van der Waals surface area contributed by atoms with Gasteiger partial charge in [0, 0.05) is 18.0 Å². The molecule has 0 heterocycles. The molecule has 0 saturated carbocycles. The number of nitrogens with one attached hydrogen (secondary N) is 2. The number of hydrogen-bond donors (Lipinski definition) is 4. The lowest BCUT2D eigenvalue weighted by atomic mass is 10.2. The molecule has 6 N–H and O–H groups in total. The smallest absolute Gasteiger partial charge is 0.236 e. The van der Waals surface area contributed by atoms with Crippen LogP contribution in [-0.2, 0) is 9.59 Å². The highest BCUT2D eigenvalue weighted by Crippen LogP contribution is 1.90. The molecule has 102 valence electrons. The van der Waals surface area contributed by atoms with Crippen molar-refractivity contribution in [2.75, 3.05) is 13.1 Å². The zero-order chi connectivity index (χ0) is 14.1. The molecule has 0 radical (unpaired) electrons. The summed E-state index contributed by atoms with van der Waals surface area (Å²) in [5, 5.41) is 8.47. The maximum absolute atomic E-state index is 11.2. The third-order valence-electron chi connectivity index (χ3n) is 2.07. The van der Waals surface area contributed by atoms with Gasteiger partial charge < -0.3 is 22.1 Å². The zero-order valence-corrected chi connectivity index (χ0v) is 10.5. The lowest BCUT2D eigenvalue weighted by molar-refractivity contribution is -0.122. The highest BCUT2D eigenvalue weighted by molar-refractivity contribution is 5.81. The minimum absolute atomic E-state index is 0.101. The lowest BCUT2D eigenvalue weighted by Gasteiger charge is -2.15. The fraction of sp³-hybridized carbons (Fsp3) is 0.778. The Kier molecular flexibility index (Phi) is 7.45. The molecule has 2 amide bonds. The Hall–Kier alpha value is -1.83. The van der Waals surface area contributed by atoms with E-state index in [4.69, 9.17) is 17.0 Å². The summed E-state index contributed by atoms with van der Waals surface area (Å²) in [7, 11) is 0. The average molecular weight is 257 g/mol. The number of amides is 2. The molecule has 0 aromatic heterocycles. The second-order valence-electron chi connectivity index (χ2n) is 3.93. The fourth-order valence-electron chi connectivity index (χ4n) is 0.986. The van der Waals surface area contributed by atoms with Crippen LogP contribution in [0.4, 0.5) is 0 Å². The zero-order valence-electron chi connectivity index (χ0n) is 10.5. The van der Waals surface area contributed by atoms with Crippen molar-refractivity contribution < 1.29 is 9.59 Å². The summed E-state index contributed by atoms with van der Waals surface area (Å²) in [6, 6.07) is -1.87. The molecule has 0 rings (SSSR count). The van der Waals surface area contributed by atoms with Gasteiger partial charge in [0.05, 0.1) is 18.1 Å². The summed E-state index contributed by atoms with van der Waals surface area (Å²) in [4.78, 5) is 25.1. The van der Waals surface area contributed by atoms with E-state index in [9.17, 15) is 9.59 Å². The maximum Gasteiger partial charge on any atom is 0.236 e. The van der Waals surface area contributed by atoms with Gasteiger partial charge >= 0.3 is 0 Å². The topological polar surface area (TPSA) is 159 Å². The molecular weight excluding hydrogens is 238 g/mol. The van der Waals surface area contributed by atoms with Crippen LogP contribution in [0.25, 0.3) is 10.4 Å². The molecule has 18 heavy (non-hydrogen) atoms. The Labute approximate surface area is 105 Å². The monoisotopic (exact) mass is 257 g/mol. The molecule has 2 atom stereocenters. The van der Waals surface area contributed by atoms with Gasteiger partial charge in [0.2, 0.25) is 11.8 Å². The van der Waals surface area contributed by atoms with Crippen LogP contribution in [0.1, 0.15) is 13.8 Å². The van der Waals surface area contributed by atoms with Crippen molar-refractivity contribution >= 4 is 11.8 Å². The van der Waals surface area contributed by atoms with Gasteiger partial charge in [-0.15, -0.1) is 0 Å². The molecule has 0 saturated heterocycles. The Bertz CT molecular complexity index is 312. The van der Waals surface area contributed by atoms with Crippen LogP contribution in [0.5, 0.6) is 0 Å². The number of rotatable bonds is 7. The van der Waals surface area contributed by atoms with E-state index in [1.807, 2.05) is 0 Å². The SMILES string of the molecule is C[C@H](N)C(=O)NCC(CNC(=O)[C@H](C)N)N=[N+]=[N-]. The molecule has 0 unspecified atom stereocenters. The van der Waals surface area contributed by atoms with Crippen molar-refractivity contribution in [2.45, 2.75) is 32.0 Å². The minimum Gasteiger partial charge on any atom is -0.354 e. The number of nitrogens with zero attached hydrogens (tertiary/aromatic N) is 3. The summed E-state index contributed by atoms with van der Waals surface area (Å²) in [5.74, 6) is -0.710. The molecule has 0 aliphatic carbocycles. The Morgan fingerprint density at radius 3 is 1.83 bits per heavy atom. The Morgan fingerprint density at radius 1 is 1.17 bits per heavy atom. The van der Waals surface area contributed by atoms with E-state index < -0.39 is 18.1 Å². The van der Waals surface area contributed by atoms with E-state index in [-0.39, 0.29) is 24.9 Å². The van der Waals surface area contributed by atoms with E-state index in [1.54, 1.807) is 0 Å². The van der Waals surface area contributed by atoms with E-state index in [0.717, 1.165) is 0 Å². The molecule has 0 bridgehead atoms. The van der Waals surface area contributed by atoms with Crippen LogP contribution in [0, 0.1) is 0 Å². The van der Waals surface area contributed by atoms with Gasteiger partial charge in [-0.25, -0.2) is 0 Å². The first-order chi connectivity index (χ1) is 8.38. The number of carbonyl (C=O) groups is 2. The molecule has 9 nitrogen and oxygen atoms in total. The highest BCUT2D eigenvalue weighted by atomic mass is 16.2. The van der Waals surface area contributed by atoms with Gasteiger partial charge in [-0.3, -0.25) is 9.59 Å². The van der Waals surface area contributed by atoms with Crippen molar-refractivity contribution in [1.82, 2.24) is 10.6 Å². The molecule has 0 aliphatic heterocycles. The van der Waals surface area contributed by atoms with Crippen LogP contribution in [0.3, 0.4) is 0 Å². The first-order valence-electron chi connectivity index (χ1n) is 5.49. The second kappa shape index (κ2) is 8.29. The van der Waals surface area contributed by atoms with Crippen molar-refractivity contribution in [3.8, 4) is 0 Å². The molecule has 0 fully saturated rings. The molecule has 9 heteroatoms. The van der Waals surface area contributed by atoms with Gasteiger partial charge in [-0.05, 0) is 19.4 Å². The third-order valence-corrected chi connectivity index (χ3v) is 2.07. The largest absolute Gasteiger partial charge is 0.354 e. The van der Waals surface area contributed by atoms with Crippen molar-refractivity contribution in [3.05, 3.63) is 10.4 Å². The van der Waals surface area contributed by atoms with Crippen molar-refractivity contribution in [3.63, 3.8) is 0 Å². The van der Waals surface area contributed by atoms with Gasteiger partial charge in [0.25, 0.3) is 0 Å². The second-order valence-corrected chi connectivity index (χ2v) is 3.93. The van der Waals surface area contributed by atoms with Crippen LogP contribution < -0.4 is 22.1 Å². The van der Waals surface area contributed by atoms with E-state index in [0.29, 0.717) is 0 Å². The third kappa shape index (κ3) is 6.69. The summed E-state index contributed by atoms with van der Waals surface area (Å²) in [6.45, 7) is 3.28. The highest BCUT2D eigenvalue weighted by Gasteiger charge is 2.13. The minimum atomic E-state index is -0.643. The van der Waals surface area contributed by atoms with Crippen molar-refractivity contribution in [1.29, 1.82) is 0 Å². The maximum atomic E-state index is 11.2. The summed E-state index contributed by atoms with van der Waals surface area (Å²) >= 11 is 0. The summed E-state index contributed by atoms with van der Waals surface area (Å²) in [5.41, 5.74) is 19.1. The average Bonchev–Trinajstić information content (AvgIpc) is 2.31. The molecule has 0 aliphatic rings. The lowest BCUT2D eigenvalue weighted by Crippen LogP contribution is -2.46. The molecule has 0 aromatic carbocycles. The van der Waals surface area contributed by atoms with Gasteiger partial charge in [0.1, 0.15) is 0 Å². The number of carbonyl (C=O) groups excluding carboxylic acids is 2. The first-order valence-corrected chi connectivity index (χ1v) is 5.49. The standard InChI is InChI=1S/C9H19N7O2/c1-5(10)8(17)13-3-7(15-16-12)4-14-9(18)6(2)11/h5-7H,3-4,10-11H2,1-2H3,(H,13,17)(H,14,18)/t5-,6-/m0/s1. The first kappa shape index (κ1) is 16.2. The predicted octanol–water partition coefficient (Wildman–Crippen LogP) is -1.41. The number of nitrogens with two attached hydrogens (primary N) is 2. The predicted molar refractivity (Wildman–Crippen MR) is 66.3 cm³/mol. The van der Waals surface area contributed by atoms with Gasteiger partial charge in [-0.2, -0.15) is 0 Å². The van der Waals surface area contributed by atoms with E-state index in [1.165, 1.54) is 13.8 Å². The van der Waals surface area contributed by atoms with Crippen LogP contribution in [-0.4, -0.2) is 43.0 Å². The van der Waals surface area contributed by atoms with Gasteiger partial charge in [0.15, 0.2) is 0 Å². The number of azide groups is 1. The van der Waals surface area contributed by atoms with Crippen LogP contribution >= 0.6 is 0 Å². The molecular formula is C9H19N7O2. The van der Waals surface area contributed by atoms with Crippen LogP contribution in [0.15, 0.2) is 5.11 Å². The molecule has 0 spiro atoms. The van der Waals surface area contributed by atoms with Crippen molar-refractivity contribution in [2.24, 2.45) is 16.6 Å². The van der Waals surface area contributed by atoms with E-state index >= 15 is 0 Å². The number of hydrogen-bond acceptors (Lipinski definition) is 5. The summed E-state index contributed by atoms with van der Waals surface area (Å²) < 4.78 is 0. The van der Waals surface area contributed by atoms with Gasteiger partial charge in [-0.1, -0.05) is 5.11 Å². The van der Waals surface area contributed by atoms with Crippen LogP contribution in [0.2, 0.25) is 0 Å². The Morgan fingerprint density at radius 2 is 1.56 bits per heavy atom. The molecule has 0 aromatic rings. The fourth-order valence-corrected chi connectivity index (χ4v) is 0.986. The summed E-state index contributed by atoms with van der Waals surface area (Å²) in [6.07, 6.45) is 0. The Balaban J connectivity index is 4.20. The quantitative estimate of drug-likeness (QED) is 0.251. The van der Waals surface area contributed by atoms with E-state index in [2.05, 4.69) is 20.7 Å². The normalized spacial score (nSPS) is 13.4.